The second kappa shape index (κ2) is 5.49. The van der Waals surface area contributed by atoms with Gasteiger partial charge in [0.1, 0.15) is 0 Å². The minimum Gasteiger partial charge on any atom is -0.395 e. The summed E-state index contributed by atoms with van der Waals surface area (Å²) in [7, 11) is 0. The van der Waals surface area contributed by atoms with Crippen LogP contribution >= 0.6 is 0 Å². The Morgan fingerprint density at radius 2 is 1.65 bits per heavy atom. The Balaban J connectivity index is 2.22. The van der Waals surface area contributed by atoms with Crippen LogP contribution in [0.15, 0.2) is 47.5 Å². The molecular formula is C17H17N3O3. The summed E-state index contributed by atoms with van der Waals surface area (Å²) in [5.74, 6) is -0.872. The van der Waals surface area contributed by atoms with E-state index in [2.05, 4.69) is 4.99 Å². The van der Waals surface area contributed by atoms with Crippen molar-refractivity contribution < 1.29 is 15.0 Å². The Bertz CT molecular complexity index is 806. The van der Waals surface area contributed by atoms with E-state index < -0.39 is 11.3 Å². The molecule has 6 nitrogen and oxygen atoms in total. The number of aliphatic hydroxyl groups is 2. The quantitative estimate of drug-likeness (QED) is 0.481. The molecule has 1 aliphatic carbocycles. The molecule has 0 saturated heterocycles. The van der Waals surface area contributed by atoms with Crippen LogP contribution in [0.5, 0.6) is 0 Å². The fraction of sp³-hybridized carbons (Fsp3) is 0.176. The van der Waals surface area contributed by atoms with Gasteiger partial charge in [0.25, 0.3) is 5.91 Å². The highest BCUT2D eigenvalue weighted by Gasteiger charge is 2.42. The smallest absolute Gasteiger partial charge is 0.280 e. The molecule has 6 heteroatoms. The van der Waals surface area contributed by atoms with Gasteiger partial charge in [-0.1, -0.05) is 30.3 Å². The largest absolute Gasteiger partial charge is 0.395 e. The third kappa shape index (κ3) is 2.19. The van der Waals surface area contributed by atoms with E-state index >= 15 is 0 Å². The van der Waals surface area contributed by atoms with Crippen LogP contribution in [0.25, 0.3) is 11.1 Å². The molecule has 118 valence electrons. The van der Waals surface area contributed by atoms with E-state index in [4.69, 9.17) is 11.5 Å². The molecule has 0 aliphatic heterocycles. The zero-order valence-corrected chi connectivity index (χ0v) is 12.4. The maximum atomic E-state index is 12.0. The minimum atomic E-state index is -0.944. The minimum absolute atomic E-state index is 0.270. The average Bonchev–Trinajstić information content (AvgIpc) is 2.84. The Hall–Kier alpha value is -2.70. The summed E-state index contributed by atoms with van der Waals surface area (Å²) in [5.41, 5.74) is 13.2. The monoisotopic (exact) mass is 311 g/mol. The molecule has 0 saturated carbocycles. The summed E-state index contributed by atoms with van der Waals surface area (Å²) < 4.78 is 0. The molecule has 0 bridgehead atoms. The number of carbonyl (C=O) groups is 1. The highest BCUT2D eigenvalue weighted by Crippen LogP contribution is 2.48. The lowest BCUT2D eigenvalue weighted by atomic mass is 9.79. The third-order valence-electron chi connectivity index (χ3n) is 4.29. The Morgan fingerprint density at radius 3 is 2.30 bits per heavy atom. The SMILES string of the molecule is NC(N)=NC(=O)c1ccc2c(c1)C(CO)(CO)c1ccccc1-2. The van der Waals surface area contributed by atoms with Gasteiger partial charge in [-0.25, -0.2) is 0 Å². The molecule has 6 N–H and O–H groups in total. The maximum absolute atomic E-state index is 12.0. The number of guanidine groups is 1. The van der Waals surface area contributed by atoms with Crippen LogP contribution in [0, 0.1) is 0 Å². The molecule has 23 heavy (non-hydrogen) atoms. The second-order valence-electron chi connectivity index (χ2n) is 5.55. The number of carbonyl (C=O) groups excluding carboxylic acids is 1. The average molecular weight is 311 g/mol. The molecule has 0 unspecified atom stereocenters. The number of nitrogens with zero attached hydrogens (tertiary/aromatic N) is 1. The van der Waals surface area contributed by atoms with Crippen LogP contribution in [0.4, 0.5) is 0 Å². The van der Waals surface area contributed by atoms with Crippen LogP contribution in [-0.4, -0.2) is 35.3 Å². The van der Waals surface area contributed by atoms with Gasteiger partial charge >= 0.3 is 0 Å². The lowest BCUT2D eigenvalue weighted by molar-refractivity contribution is 0.100. The van der Waals surface area contributed by atoms with Gasteiger partial charge in [0.05, 0.1) is 18.6 Å². The van der Waals surface area contributed by atoms with E-state index in [1.165, 1.54) is 0 Å². The number of amides is 1. The van der Waals surface area contributed by atoms with Gasteiger partial charge in [0, 0.05) is 5.56 Å². The molecule has 3 rings (SSSR count). The van der Waals surface area contributed by atoms with Gasteiger partial charge < -0.3 is 21.7 Å². The van der Waals surface area contributed by atoms with Crippen LogP contribution < -0.4 is 11.5 Å². The van der Waals surface area contributed by atoms with Crippen molar-refractivity contribution in [3.8, 4) is 11.1 Å². The number of hydrogen-bond acceptors (Lipinski definition) is 3. The number of benzene rings is 2. The molecule has 0 radical (unpaired) electrons. The number of nitrogens with two attached hydrogens (primary N) is 2. The van der Waals surface area contributed by atoms with Crippen molar-refractivity contribution in [2.75, 3.05) is 13.2 Å². The van der Waals surface area contributed by atoms with Crippen molar-refractivity contribution in [3.05, 3.63) is 59.2 Å². The predicted octanol–water partition coefficient (Wildman–Crippen LogP) is 0.351. The molecule has 0 aromatic heterocycles. The highest BCUT2D eigenvalue weighted by atomic mass is 16.3. The van der Waals surface area contributed by atoms with Gasteiger partial charge in [-0.3, -0.25) is 4.79 Å². The number of hydrogen-bond donors (Lipinski definition) is 4. The topological polar surface area (TPSA) is 122 Å². The summed E-state index contributed by atoms with van der Waals surface area (Å²) in [6, 6.07) is 12.6. The van der Waals surface area contributed by atoms with Gasteiger partial charge in [-0.05, 0) is 34.4 Å². The summed E-state index contributed by atoms with van der Waals surface area (Å²) >= 11 is 0. The second-order valence-corrected chi connectivity index (χ2v) is 5.55. The standard InChI is InChI=1S/C17H17N3O3/c18-16(19)20-15(23)10-5-6-12-11-3-1-2-4-13(11)17(8-21,9-22)14(12)7-10/h1-7,21-22H,8-9H2,(H4,18,19,20,23). The Kier molecular flexibility index (Phi) is 3.63. The van der Waals surface area contributed by atoms with Crippen LogP contribution in [0.2, 0.25) is 0 Å². The molecule has 0 fully saturated rings. The van der Waals surface area contributed by atoms with Crippen molar-refractivity contribution in [2.24, 2.45) is 16.5 Å². The summed E-state index contributed by atoms with van der Waals surface area (Å²) in [5, 5.41) is 19.9. The molecule has 2 aromatic rings. The van der Waals surface area contributed by atoms with Gasteiger partial charge in [-0.2, -0.15) is 4.99 Å². The Labute approximate surface area is 133 Å². The lowest BCUT2D eigenvalue weighted by Crippen LogP contribution is -2.34. The molecule has 0 spiro atoms. The first-order valence-electron chi connectivity index (χ1n) is 7.13. The molecule has 0 heterocycles. The zero-order valence-electron chi connectivity index (χ0n) is 12.4. The van der Waals surface area contributed by atoms with Gasteiger partial charge in [0.15, 0.2) is 5.96 Å². The number of rotatable bonds is 3. The Morgan fingerprint density at radius 1 is 1.00 bits per heavy atom. The first-order chi connectivity index (χ1) is 11.0. The van der Waals surface area contributed by atoms with Crippen LogP contribution in [0.3, 0.4) is 0 Å². The number of aliphatic hydroxyl groups excluding tert-OH is 2. The number of aliphatic imine (C=N–C) groups is 1. The van der Waals surface area contributed by atoms with E-state index in [1.807, 2.05) is 24.3 Å². The van der Waals surface area contributed by atoms with E-state index in [9.17, 15) is 15.0 Å². The molecule has 0 atom stereocenters. The fourth-order valence-electron chi connectivity index (χ4n) is 3.16. The molecular weight excluding hydrogens is 294 g/mol. The summed E-state index contributed by atoms with van der Waals surface area (Å²) in [4.78, 5) is 15.6. The number of fused-ring (bicyclic) bond motifs is 3. The van der Waals surface area contributed by atoms with Crippen LogP contribution in [0.1, 0.15) is 21.5 Å². The van der Waals surface area contributed by atoms with E-state index in [0.29, 0.717) is 11.1 Å². The van der Waals surface area contributed by atoms with Crippen molar-refractivity contribution in [1.82, 2.24) is 0 Å². The normalized spacial score (nSPS) is 14.0. The van der Waals surface area contributed by atoms with Crippen molar-refractivity contribution >= 4 is 11.9 Å². The first kappa shape index (κ1) is 15.2. The lowest BCUT2D eigenvalue weighted by Gasteiger charge is -2.27. The van der Waals surface area contributed by atoms with Crippen LogP contribution in [-0.2, 0) is 5.41 Å². The summed E-state index contributed by atoms with van der Waals surface area (Å²) in [6.07, 6.45) is 0. The molecule has 2 aromatic carbocycles. The van der Waals surface area contributed by atoms with Crippen molar-refractivity contribution in [3.63, 3.8) is 0 Å². The third-order valence-corrected chi connectivity index (χ3v) is 4.29. The maximum Gasteiger partial charge on any atom is 0.280 e. The summed E-state index contributed by atoms with van der Waals surface area (Å²) in [6.45, 7) is -0.541. The highest BCUT2D eigenvalue weighted by molar-refractivity contribution is 6.02. The van der Waals surface area contributed by atoms with E-state index in [0.717, 1.165) is 16.7 Å². The van der Waals surface area contributed by atoms with E-state index in [1.54, 1.807) is 18.2 Å². The molecule has 1 amide bonds. The first-order valence-corrected chi connectivity index (χ1v) is 7.13. The zero-order chi connectivity index (χ0) is 16.6. The van der Waals surface area contributed by atoms with Crippen molar-refractivity contribution in [1.29, 1.82) is 0 Å². The van der Waals surface area contributed by atoms with Crippen molar-refractivity contribution in [2.45, 2.75) is 5.41 Å². The fourth-order valence-corrected chi connectivity index (χ4v) is 3.16. The van der Waals surface area contributed by atoms with E-state index in [-0.39, 0.29) is 19.2 Å². The molecule has 1 aliphatic rings. The van der Waals surface area contributed by atoms with Gasteiger partial charge in [0.2, 0.25) is 0 Å². The van der Waals surface area contributed by atoms with Gasteiger partial charge in [-0.15, -0.1) is 0 Å². The predicted molar refractivity (Wildman–Crippen MR) is 87.0 cm³/mol.